The van der Waals surface area contributed by atoms with Gasteiger partial charge in [-0.3, -0.25) is 0 Å². The minimum atomic E-state index is -0.837. The van der Waals surface area contributed by atoms with Crippen molar-refractivity contribution in [2.75, 3.05) is 0 Å². The largest absolute Gasteiger partial charge is 0.203 e. The van der Waals surface area contributed by atoms with Gasteiger partial charge in [-0.15, -0.1) is 22.7 Å². The van der Waals surface area contributed by atoms with Crippen LogP contribution in [-0.4, -0.2) is 8.75 Å². The highest BCUT2D eigenvalue weighted by molar-refractivity contribution is 7.24. The summed E-state index contributed by atoms with van der Waals surface area (Å²) in [5, 5.41) is 0. The number of aryl methyl sites for hydroxylation is 2. The molecule has 0 atom stereocenters. The lowest BCUT2D eigenvalue weighted by molar-refractivity contribution is 0.471. The molecular formula is C24H26F2N2S3. The van der Waals surface area contributed by atoms with Crippen LogP contribution in [0.4, 0.5) is 8.78 Å². The van der Waals surface area contributed by atoms with E-state index in [2.05, 4.69) is 42.5 Å². The van der Waals surface area contributed by atoms with E-state index >= 15 is 8.78 Å². The van der Waals surface area contributed by atoms with E-state index in [-0.39, 0.29) is 16.5 Å². The highest BCUT2D eigenvalue weighted by atomic mass is 32.1. The lowest BCUT2D eigenvalue weighted by Crippen LogP contribution is -2.16. The van der Waals surface area contributed by atoms with Crippen LogP contribution in [0.15, 0.2) is 12.1 Å². The highest BCUT2D eigenvalue weighted by Crippen LogP contribution is 2.47. The third-order valence-electron chi connectivity index (χ3n) is 5.37. The molecule has 0 N–H and O–H groups in total. The second-order valence-corrected chi connectivity index (χ2v) is 12.7. The SMILES string of the molecule is Cc1cc(-c2c(F)c(F)c(C(C)(C)C)c3nsnc23)sc1-c1sc(C(C)(C)C)cc1C. The maximum atomic E-state index is 15.4. The molecule has 31 heavy (non-hydrogen) atoms. The molecule has 0 amide bonds. The normalized spacial score (nSPS) is 12.8. The van der Waals surface area contributed by atoms with Crippen molar-refractivity contribution >= 4 is 45.4 Å². The molecule has 0 aliphatic carbocycles. The van der Waals surface area contributed by atoms with Crippen LogP contribution in [0.1, 0.15) is 63.1 Å². The Hall–Kier alpha value is -1.70. The molecule has 3 heterocycles. The molecule has 0 radical (unpaired) electrons. The van der Waals surface area contributed by atoms with Crippen LogP contribution in [0.5, 0.6) is 0 Å². The minimum absolute atomic E-state index is 0.0676. The summed E-state index contributed by atoms with van der Waals surface area (Å²) in [6.07, 6.45) is 0. The summed E-state index contributed by atoms with van der Waals surface area (Å²) in [5.74, 6) is -1.66. The van der Waals surface area contributed by atoms with E-state index in [4.69, 9.17) is 0 Å². The zero-order valence-electron chi connectivity index (χ0n) is 19.0. The van der Waals surface area contributed by atoms with Gasteiger partial charge in [0.2, 0.25) is 0 Å². The molecule has 0 spiro atoms. The molecule has 0 fully saturated rings. The topological polar surface area (TPSA) is 25.8 Å². The number of halogens is 2. The average Bonchev–Trinajstić information content (AvgIpc) is 3.33. The number of nitrogens with zero attached hydrogens (tertiary/aromatic N) is 2. The lowest BCUT2D eigenvalue weighted by atomic mass is 9.84. The average molecular weight is 477 g/mol. The van der Waals surface area contributed by atoms with Crippen molar-refractivity contribution < 1.29 is 8.78 Å². The van der Waals surface area contributed by atoms with Gasteiger partial charge in [0.15, 0.2) is 11.6 Å². The molecule has 164 valence electrons. The third kappa shape index (κ3) is 3.74. The van der Waals surface area contributed by atoms with Crippen LogP contribution in [0.25, 0.3) is 31.2 Å². The highest BCUT2D eigenvalue weighted by Gasteiger charge is 2.31. The standard InChI is InChI=1S/C24H26F2N2S3/c1-11-9-13(29-21(11)22-12(2)10-14(30-22)23(3,4)5)15-17(25)18(26)16(24(6,7)8)20-19(15)27-31-28-20/h9-10H,1-8H3. The first kappa shape index (κ1) is 22.5. The van der Waals surface area contributed by atoms with E-state index in [9.17, 15) is 0 Å². The summed E-state index contributed by atoms with van der Waals surface area (Å²) < 4.78 is 39.4. The number of aromatic nitrogens is 2. The van der Waals surface area contributed by atoms with Crippen LogP contribution >= 0.6 is 34.4 Å². The number of benzene rings is 1. The Bertz CT molecular complexity index is 1300. The fraction of sp³-hybridized carbons (Fsp3) is 0.417. The molecule has 0 bridgehead atoms. The lowest BCUT2D eigenvalue weighted by Gasteiger charge is -2.21. The molecule has 0 aliphatic rings. The van der Waals surface area contributed by atoms with Crippen molar-refractivity contribution in [3.05, 3.63) is 45.3 Å². The van der Waals surface area contributed by atoms with Crippen molar-refractivity contribution in [2.24, 2.45) is 0 Å². The van der Waals surface area contributed by atoms with Crippen molar-refractivity contribution in [1.29, 1.82) is 0 Å². The Balaban J connectivity index is 1.94. The van der Waals surface area contributed by atoms with E-state index in [1.807, 2.05) is 33.8 Å². The molecule has 4 rings (SSSR count). The van der Waals surface area contributed by atoms with Gasteiger partial charge in [-0.1, -0.05) is 41.5 Å². The van der Waals surface area contributed by atoms with Crippen LogP contribution in [0, 0.1) is 25.5 Å². The van der Waals surface area contributed by atoms with Gasteiger partial charge in [-0.25, -0.2) is 8.78 Å². The Kier molecular flexibility index (Phi) is 5.39. The Labute approximate surface area is 194 Å². The van der Waals surface area contributed by atoms with Gasteiger partial charge < -0.3 is 0 Å². The smallest absolute Gasteiger partial charge is 0.170 e. The predicted molar refractivity (Wildman–Crippen MR) is 131 cm³/mol. The first-order valence-corrected chi connectivity index (χ1v) is 12.5. The van der Waals surface area contributed by atoms with Crippen molar-refractivity contribution in [1.82, 2.24) is 8.75 Å². The van der Waals surface area contributed by atoms with Gasteiger partial charge in [0.05, 0.1) is 17.3 Å². The van der Waals surface area contributed by atoms with Crippen LogP contribution in [-0.2, 0) is 10.8 Å². The monoisotopic (exact) mass is 476 g/mol. The molecule has 4 aromatic rings. The molecule has 1 aromatic carbocycles. The minimum Gasteiger partial charge on any atom is -0.203 e. The van der Waals surface area contributed by atoms with E-state index < -0.39 is 17.0 Å². The van der Waals surface area contributed by atoms with Crippen LogP contribution in [0.3, 0.4) is 0 Å². The van der Waals surface area contributed by atoms with E-state index in [1.165, 1.54) is 26.7 Å². The molecule has 7 heteroatoms. The number of fused-ring (bicyclic) bond motifs is 1. The Morgan fingerprint density at radius 2 is 1.32 bits per heavy atom. The molecule has 3 aromatic heterocycles. The van der Waals surface area contributed by atoms with Gasteiger partial charge in [-0.05, 0) is 47.9 Å². The van der Waals surface area contributed by atoms with Crippen molar-refractivity contribution in [3.8, 4) is 20.2 Å². The Morgan fingerprint density at radius 1 is 0.742 bits per heavy atom. The molecule has 2 nitrogen and oxygen atoms in total. The zero-order chi connectivity index (χ0) is 22.9. The molecule has 0 saturated heterocycles. The third-order valence-corrected chi connectivity index (χ3v) is 8.98. The fourth-order valence-corrected chi connectivity index (χ4v) is 7.02. The number of hydrogen-bond donors (Lipinski definition) is 0. The summed E-state index contributed by atoms with van der Waals surface area (Å²) in [6.45, 7) is 16.3. The Morgan fingerprint density at radius 3 is 1.90 bits per heavy atom. The first-order valence-electron chi connectivity index (χ1n) is 10.2. The van der Waals surface area contributed by atoms with Gasteiger partial charge in [0.25, 0.3) is 0 Å². The van der Waals surface area contributed by atoms with Gasteiger partial charge in [0, 0.05) is 25.1 Å². The summed E-state index contributed by atoms with van der Waals surface area (Å²) >= 11 is 4.27. The van der Waals surface area contributed by atoms with Crippen molar-refractivity contribution in [2.45, 2.75) is 66.2 Å². The number of thiophene rings is 2. The second-order valence-electron chi connectivity index (χ2n) is 10.1. The van der Waals surface area contributed by atoms with Gasteiger partial charge in [0.1, 0.15) is 11.0 Å². The summed E-state index contributed by atoms with van der Waals surface area (Å²) in [5.41, 5.74) is 3.17. The fourth-order valence-electron chi connectivity index (χ4n) is 3.76. The van der Waals surface area contributed by atoms with E-state index in [0.717, 1.165) is 22.2 Å². The van der Waals surface area contributed by atoms with E-state index in [0.29, 0.717) is 15.9 Å². The molecule has 0 aliphatic heterocycles. The first-order chi connectivity index (χ1) is 14.3. The summed E-state index contributed by atoms with van der Waals surface area (Å²) in [6, 6.07) is 4.18. The van der Waals surface area contributed by atoms with Crippen LogP contribution in [0.2, 0.25) is 0 Å². The van der Waals surface area contributed by atoms with Crippen molar-refractivity contribution in [3.63, 3.8) is 0 Å². The maximum absolute atomic E-state index is 15.4. The molecular weight excluding hydrogens is 450 g/mol. The molecule has 0 saturated carbocycles. The van der Waals surface area contributed by atoms with Gasteiger partial charge >= 0.3 is 0 Å². The quantitative estimate of drug-likeness (QED) is 0.289. The second kappa shape index (κ2) is 7.42. The number of rotatable bonds is 2. The molecule has 0 unspecified atom stereocenters. The summed E-state index contributed by atoms with van der Waals surface area (Å²) in [7, 11) is 0. The van der Waals surface area contributed by atoms with Crippen LogP contribution < -0.4 is 0 Å². The zero-order valence-corrected chi connectivity index (χ0v) is 21.5. The van der Waals surface area contributed by atoms with Gasteiger partial charge in [-0.2, -0.15) is 8.75 Å². The predicted octanol–water partition coefficient (Wildman–Crippen LogP) is 8.64. The summed E-state index contributed by atoms with van der Waals surface area (Å²) in [4.78, 5) is 4.29. The maximum Gasteiger partial charge on any atom is 0.170 e. The van der Waals surface area contributed by atoms with E-state index in [1.54, 1.807) is 11.3 Å². The number of hydrogen-bond acceptors (Lipinski definition) is 5.